The highest BCUT2D eigenvalue weighted by Gasteiger charge is 2.25. The second kappa shape index (κ2) is 9.68. The maximum Gasteiger partial charge on any atom is 0.528 e. The molecule has 0 atom stereocenters. The molecule has 142 valence electrons. The predicted octanol–water partition coefficient (Wildman–Crippen LogP) is 0.0996. The zero-order chi connectivity index (χ0) is 18.9. The Morgan fingerprint density at radius 2 is 1.60 bits per heavy atom. The van der Waals surface area contributed by atoms with E-state index in [2.05, 4.69) is 9.57 Å². The van der Waals surface area contributed by atoms with Crippen LogP contribution in [0.25, 0.3) is 0 Å². The molecule has 1 N–H and O–H groups in total. The number of carbonyl (C=O) groups is 1. The van der Waals surface area contributed by atoms with E-state index in [0.717, 1.165) is 18.4 Å². The average Bonchev–Trinajstić information content (AvgIpc) is 2.55. The minimum absolute atomic E-state index is 0.0715. The molecule has 1 aromatic carbocycles. The van der Waals surface area contributed by atoms with Crippen molar-refractivity contribution >= 4 is 26.0 Å². The normalized spacial score (nSPS) is 11.9. The molecule has 0 spiro atoms. The summed E-state index contributed by atoms with van der Waals surface area (Å²) in [5.41, 5.74) is 0. The van der Waals surface area contributed by atoms with Gasteiger partial charge in [0.25, 0.3) is 10.0 Å². The van der Waals surface area contributed by atoms with Gasteiger partial charge in [-0.15, -0.1) is 0 Å². The van der Waals surface area contributed by atoms with E-state index in [1.54, 1.807) is 0 Å². The lowest BCUT2D eigenvalue weighted by Crippen LogP contribution is -2.29. The third-order valence-electron chi connectivity index (χ3n) is 2.65. The number of sulfone groups is 1. The summed E-state index contributed by atoms with van der Waals surface area (Å²) in [5, 5.41) is 0. The fourth-order valence-corrected chi connectivity index (χ4v) is 3.97. The molecule has 0 heterocycles. The van der Waals surface area contributed by atoms with Gasteiger partial charge in [-0.05, 0) is 17.0 Å². The lowest BCUT2D eigenvalue weighted by molar-refractivity contribution is 0.00759. The molecule has 0 bridgehead atoms. The Morgan fingerprint density at radius 1 is 1.00 bits per heavy atom. The topological polar surface area (TPSA) is 134 Å². The largest absolute Gasteiger partial charge is 0.528 e. The molecule has 0 aromatic heterocycles. The van der Waals surface area contributed by atoms with Crippen LogP contribution in [-0.4, -0.2) is 62.8 Å². The van der Waals surface area contributed by atoms with Crippen molar-refractivity contribution in [2.45, 2.75) is 9.79 Å². The molecule has 0 aliphatic carbocycles. The smallest absolute Gasteiger partial charge is 0.431 e. The lowest BCUT2D eigenvalue weighted by atomic mass is 10.4. The maximum absolute atomic E-state index is 12.1. The van der Waals surface area contributed by atoms with E-state index >= 15 is 0 Å². The summed E-state index contributed by atoms with van der Waals surface area (Å²) < 4.78 is 61.8. The second-order valence-electron chi connectivity index (χ2n) is 4.61. The van der Waals surface area contributed by atoms with E-state index < -0.39 is 35.8 Å². The molecule has 0 unspecified atom stereocenters. The summed E-state index contributed by atoms with van der Waals surface area (Å²) in [6.07, 6.45) is -0.448. The van der Waals surface area contributed by atoms with E-state index in [0.29, 0.717) is 13.2 Å². The van der Waals surface area contributed by atoms with E-state index in [-0.39, 0.29) is 13.2 Å². The molecule has 0 saturated carbocycles. The molecular weight excluding hydrogens is 378 g/mol. The Labute approximate surface area is 145 Å². The van der Waals surface area contributed by atoms with Crippen molar-refractivity contribution in [3.05, 3.63) is 24.3 Å². The van der Waals surface area contributed by atoms with Crippen LogP contribution < -0.4 is 4.89 Å². The van der Waals surface area contributed by atoms with Crippen LogP contribution in [0.4, 0.5) is 4.79 Å². The molecule has 0 saturated heterocycles. The molecule has 0 fully saturated rings. The van der Waals surface area contributed by atoms with E-state index in [1.807, 2.05) is 0 Å². The first-order chi connectivity index (χ1) is 11.7. The number of ether oxygens (including phenoxy) is 3. The Balaban J connectivity index is 2.58. The van der Waals surface area contributed by atoms with Crippen LogP contribution in [0.2, 0.25) is 0 Å². The Bertz CT molecular complexity index is 774. The van der Waals surface area contributed by atoms with Crippen LogP contribution in [0.3, 0.4) is 0 Å². The third-order valence-corrected chi connectivity index (χ3v) is 5.17. The van der Waals surface area contributed by atoms with Gasteiger partial charge >= 0.3 is 6.16 Å². The average molecular weight is 397 g/mol. The van der Waals surface area contributed by atoms with Crippen molar-refractivity contribution in [2.75, 3.05) is 39.8 Å². The van der Waals surface area contributed by atoms with Gasteiger partial charge in [0.05, 0.1) is 24.7 Å². The first-order valence-corrected chi connectivity index (χ1v) is 10.3. The monoisotopic (exact) mass is 397 g/mol. The highest BCUT2D eigenvalue weighted by molar-refractivity contribution is 7.93. The number of nitrogens with one attached hydrogen (secondary N) is 1. The molecule has 0 radical (unpaired) electrons. The predicted molar refractivity (Wildman–Crippen MR) is 85.0 cm³/mol. The summed E-state index contributed by atoms with van der Waals surface area (Å²) in [6.45, 7) is 0.597. The fraction of sp³-hybridized carbons (Fsp3) is 0.462. The van der Waals surface area contributed by atoms with Crippen molar-refractivity contribution in [1.29, 1.82) is 0 Å². The zero-order valence-corrected chi connectivity index (χ0v) is 15.3. The SMILES string of the molecule is COCCOCCOC(=O)ONS(=O)(=O)c1ccccc1S(C)(=O)=O. The van der Waals surface area contributed by atoms with Crippen LogP contribution in [0.5, 0.6) is 0 Å². The molecule has 0 amide bonds. The van der Waals surface area contributed by atoms with Gasteiger partial charge in [-0.1, -0.05) is 12.1 Å². The second-order valence-corrected chi connectivity index (χ2v) is 8.21. The lowest BCUT2D eigenvalue weighted by Gasteiger charge is -2.10. The van der Waals surface area contributed by atoms with Crippen molar-refractivity contribution in [3.63, 3.8) is 0 Å². The first-order valence-electron chi connectivity index (χ1n) is 6.89. The summed E-state index contributed by atoms with van der Waals surface area (Å²) in [6, 6.07) is 4.89. The van der Waals surface area contributed by atoms with Gasteiger partial charge in [-0.25, -0.2) is 21.6 Å². The van der Waals surface area contributed by atoms with E-state index in [1.165, 1.54) is 24.1 Å². The minimum Gasteiger partial charge on any atom is -0.431 e. The molecule has 1 rings (SSSR count). The quantitative estimate of drug-likeness (QED) is 0.331. The molecule has 0 aliphatic rings. The summed E-state index contributed by atoms with van der Waals surface area (Å²) in [7, 11) is -6.70. The maximum atomic E-state index is 12.1. The van der Waals surface area contributed by atoms with E-state index in [4.69, 9.17) is 9.47 Å². The molecule has 1 aromatic rings. The number of hydrogen-bond donors (Lipinski definition) is 1. The number of rotatable bonds is 10. The highest BCUT2D eigenvalue weighted by Crippen LogP contribution is 2.20. The Morgan fingerprint density at radius 3 is 2.20 bits per heavy atom. The fourth-order valence-electron chi connectivity index (χ4n) is 1.57. The number of carbonyl (C=O) groups excluding carboxylic acids is 1. The minimum atomic E-state index is -4.41. The molecular formula is C13H19NO9S2. The van der Waals surface area contributed by atoms with Gasteiger partial charge in [0.15, 0.2) is 9.84 Å². The van der Waals surface area contributed by atoms with Gasteiger partial charge in [0, 0.05) is 13.4 Å². The van der Waals surface area contributed by atoms with Crippen molar-refractivity contribution in [1.82, 2.24) is 4.89 Å². The zero-order valence-electron chi connectivity index (χ0n) is 13.6. The van der Waals surface area contributed by atoms with Crippen LogP contribution >= 0.6 is 0 Å². The molecule has 25 heavy (non-hydrogen) atoms. The van der Waals surface area contributed by atoms with Crippen molar-refractivity contribution < 1.29 is 40.7 Å². The number of benzene rings is 1. The standard InChI is InChI=1S/C13H19NO9S2/c1-20-7-8-21-9-10-22-13(15)23-14-25(18,19)12-6-4-3-5-11(12)24(2,16)17/h3-6,14H,7-10H2,1-2H3. The van der Waals surface area contributed by atoms with Gasteiger partial charge in [0.1, 0.15) is 11.5 Å². The first kappa shape index (κ1) is 21.3. The molecule has 10 nitrogen and oxygen atoms in total. The Kier molecular flexibility index (Phi) is 8.25. The highest BCUT2D eigenvalue weighted by atomic mass is 32.2. The van der Waals surface area contributed by atoms with Gasteiger partial charge in [-0.3, -0.25) is 0 Å². The van der Waals surface area contributed by atoms with Gasteiger partial charge in [-0.2, -0.15) is 0 Å². The third kappa shape index (κ3) is 7.36. The van der Waals surface area contributed by atoms with Gasteiger partial charge in [0.2, 0.25) is 0 Å². The summed E-state index contributed by atoms with van der Waals surface area (Å²) in [5.74, 6) is 0. The van der Waals surface area contributed by atoms with E-state index in [9.17, 15) is 21.6 Å². The number of sulfonamides is 1. The summed E-state index contributed by atoms with van der Waals surface area (Å²) in [4.78, 5) is 16.2. The van der Waals surface area contributed by atoms with Crippen molar-refractivity contribution in [3.8, 4) is 0 Å². The summed E-state index contributed by atoms with van der Waals surface area (Å²) >= 11 is 0. The van der Waals surface area contributed by atoms with Crippen LogP contribution in [-0.2, 0) is 38.9 Å². The Hall–Kier alpha value is -1.73. The molecule has 0 aliphatic heterocycles. The van der Waals surface area contributed by atoms with Crippen LogP contribution in [0, 0.1) is 0 Å². The van der Waals surface area contributed by atoms with Gasteiger partial charge < -0.3 is 19.0 Å². The van der Waals surface area contributed by atoms with Crippen LogP contribution in [0.1, 0.15) is 0 Å². The molecule has 12 heteroatoms. The number of hydrogen-bond acceptors (Lipinski definition) is 9. The van der Waals surface area contributed by atoms with Crippen molar-refractivity contribution in [2.24, 2.45) is 0 Å². The van der Waals surface area contributed by atoms with Crippen LogP contribution in [0.15, 0.2) is 34.1 Å². The number of methoxy groups -OCH3 is 1.